The van der Waals surface area contributed by atoms with Crippen molar-refractivity contribution >= 4 is 10.9 Å². The highest BCUT2D eigenvalue weighted by Crippen LogP contribution is 2.18. The summed E-state index contributed by atoms with van der Waals surface area (Å²) in [4.78, 5) is 12.4. The summed E-state index contributed by atoms with van der Waals surface area (Å²) < 4.78 is 1.76. The van der Waals surface area contributed by atoms with E-state index in [4.69, 9.17) is 0 Å². The van der Waals surface area contributed by atoms with Gasteiger partial charge in [0.25, 0.3) is 5.56 Å². The van der Waals surface area contributed by atoms with E-state index in [-0.39, 0.29) is 5.56 Å². The number of benzene rings is 1. The maximum atomic E-state index is 12.4. The van der Waals surface area contributed by atoms with Gasteiger partial charge in [-0.3, -0.25) is 4.79 Å². The zero-order valence-corrected chi connectivity index (χ0v) is 12.8. The summed E-state index contributed by atoms with van der Waals surface area (Å²) in [6, 6.07) is 10.7. The van der Waals surface area contributed by atoms with Gasteiger partial charge in [0.15, 0.2) is 0 Å². The van der Waals surface area contributed by atoms with Crippen molar-refractivity contribution < 1.29 is 0 Å². The van der Waals surface area contributed by atoms with E-state index < -0.39 is 0 Å². The zero-order chi connectivity index (χ0) is 14.7. The Morgan fingerprint density at radius 2 is 1.86 bits per heavy atom. The topological polar surface area (TPSA) is 34.0 Å². The van der Waals surface area contributed by atoms with E-state index in [0.717, 1.165) is 16.5 Å². The van der Waals surface area contributed by atoms with Crippen molar-refractivity contribution in [2.75, 3.05) is 0 Å². The van der Waals surface area contributed by atoms with E-state index >= 15 is 0 Å². The monoisotopic (exact) mass is 284 g/mol. The molecule has 0 aliphatic heterocycles. The van der Waals surface area contributed by atoms with Crippen LogP contribution in [0, 0.1) is 0 Å². The fraction of sp³-hybridized carbons (Fsp3) is 0.500. The van der Waals surface area contributed by atoms with Crippen molar-refractivity contribution in [3.63, 3.8) is 0 Å². The van der Waals surface area contributed by atoms with Crippen molar-refractivity contribution in [1.82, 2.24) is 9.88 Å². The van der Waals surface area contributed by atoms with Gasteiger partial charge in [-0.25, -0.2) is 0 Å². The van der Waals surface area contributed by atoms with Crippen LogP contribution in [0.4, 0.5) is 0 Å². The highest BCUT2D eigenvalue weighted by atomic mass is 16.1. The SMILES string of the molecule is Cn1c(=O)c(CNC2CCCCCC2)cc2ccccc21. The highest BCUT2D eigenvalue weighted by molar-refractivity contribution is 5.79. The molecular weight excluding hydrogens is 260 g/mol. The molecule has 1 heterocycles. The summed E-state index contributed by atoms with van der Waals surface area (Å²) in [5, 5.41) is 4.73. The number of nitrogens with one attached hydrogen (secondary N) is 1. The maximum Gasteiger partial charge on any atom is 0.255 e. The number of aromatic nitrogens is 1. The van der Waals surface area contributed by atoms with Crippen molar-refractivity contribution in [3.8, 4) is 0 Å². The van der Waals surface area contributed by atoms with Gasteiger partial charge in [-0.15, -0.1) is 0 Å². The number of aryl methyl sites for hydroxylation is 1. The standard InChI is InChI=1S/C18H24N2O/c1-20-17-11-7-6-8-14(17)12-15(18(20)21)13-19-16-9-4-2-3-5-10-16/h6-8,11-12,16,19H,2-5,9-10,13H2,1H3. The summed E-state index contributed by atoms with van der Waals surface area (Å²) in [6.45, 7) is 0.683. The lowest BCUT2D eigenvalue weighted by Gasteiger charge is -2.16. The fourth-order valence-electron chi connectivity index (χ4n) is 3.35. The minimum absolute atomic E-state index is 0.120. The number of pyridine rings is 1. The zero-order valence-electron chi connectivity index (χ0n) is 12.8. The molecular formula is C18H24N2O. The second-order valence-electron chi connectivity index (χ2n) is 6.16. The van der Waals surface area contributed by atoms with E-state index in [1.54, 1.807) is 4.57 Å². The molecule has 1 aliphatic carbocycles. The quantitative estimate of drug-likeness (QED) is 0.877. The Morgan fingerprint density at radius 1 is 1.14 bits per heavy atom. The molecule has 2 aromatic rings. The first-order valence-corrected chi connectivity index (χ1v) is 8.07. The molecule has 1 aliphatic rings. The number of fused-ring (bicyclic) bond motifs is 1. The number of para-hydroxylation sites is 1. The lowest BCUT2D eigenvalue weighted by atomic mass is 10.1. The van der Waals surface area contributed by atoms with Gasteiger partial charge in [-0.2, -0.15) is 0 Å². The summed E-state index contributed by atoms with van der Waals surface area (Å²) >= 11 is 0. The van der Waals surface area contributed by atoms with Crippen molar-refractivity contribution in [3.05, 3.63) is 46.2 Å². The first-order chi connectivity index (χ1) is 10.3. The third-order valence-electron chi connectivity index (χ3n) is 4.64. The van der Waals surface area contributed by atoms with Crippen LogP contribution in [0.3, 0.4) is 0 Å². The lowest BCUT2D eigenvalue weighted by Crippen LogP contribution is -2.32. The highest BCUT2D eigenvalue weighted by Gasteiger charge is 2.13. The molecule has 3 nitrogen and oxygen atoms in total. The Morgan fingerprint density at radius 3 is 2.62 bits per heavy atom. The summed E-state index contributed by atoms with van der Waals surface area (Å²) in [5.74, 6) is 0. The van der Waals surface area contributed by atoms with Crippen LogP contribution in [0.5, 0.6) is 0 Å². The predicted molar refractivity (Wildman–Crippen MR) is 87.5 cm³/mol. The van der Waals surface area contributed by atoms with Crippen LogP contribution in [0.1, 0.15) is 44.1 Å². The van der Waals surface area contributed by atoms with Crippen LogP contribution in [-0.4, -0.2) is 10.6 Å². The second-order valence-corrected chi connectivity index (χ2v) is 6.16. The summed E-state index contributed by atoms with van der Waals surface area (Å²) in [5.41, 5.74) is 2.00. The van der Waals surface area contributed by atoms with Gasteiger partial charge in [-0.1, -0.05) is 43.9 Å². The molecule has 21 heavy (non-hydrogen) atoms. The molecule has 1 aromatic carbocycles. The molecule has 3 heteroatoms. The number of hydrogen-bond acceptors (Lipinski definition) is 2. The van der Waals surface area contributed by atoms with Gasteiger partial charge in [0.1, 0.15) is 0 Å². The molecule has 0 radical (unpaired) electrons. The van der Waals surface area contributed by atoms with Gasteiger partial charge < -0.3 is 9.88 Å². The molecule has 112 valence electrons. The van der Waals surface area contributed by atoms with E-state index in [2.05, 4.69) is 11.4 Å². The number of nitrogens with zero attached hydrogens (tertiary/aromatic N) is 1. The molecule has 0 spiro atoms. The Bertz CT molecular complexity index is 666. The van der Waals surface area contributed by atoms with E-state index in [1.165, 1.54) is 38.5 Å². The largest absolute Gasteiger partial charge is 0.311 e. The minimum atomic E-state index is 0.120. The summed E-state index contributed by atoms with van der Waals surface area (Å²) in [6.07, 6.45) is 7.83. The molecule has 1 N–H and O–H groups in total. The average molecular weight is 284 g/mol. The molecule has 0 atom stereocenters. The van der Waals surface area contributed by atoms with Crippen molar-refractivity contribution in [1.29, 1.82) is 0 Å². The summed E-state index contributed by atoms with van der Waals surface area (Å²) in [7, 11) is 1.86. The van der Waals surface area contributed by atoms with Crippen molar-refractivity contribution in [2.45, 2.75) is 51.1 Å². The number of rotatable bonds is 3. The second kappa shape index (κ2) is 6.44. The Labute approximate surface area is 126 Å². The Kier molecular flexibility index (Phi) is 4.39. The lowest BCUT2D eigenvalue weighted by molar-refractivity contribution is 0.457. The van der Waals surface area contributed by atoms with Gasteiger partial charge in [0.2, 0.25) is 0 Å². The van der Waals surface area contributed by atoms with E-state index in [9.17, 15) is 4.79 Å². The predicted octanol–water partition coefficient (Wildman–Crippen LogP) is 3.35. The maximum absolute atomic E-state index is 12.4. The molecule has 1 aromatic heterocycles. The van der Waals surface area contributed by atoms with Crippen LogP contribution in [0.2, 0.25) is 0 Å². The van der Waals surface area contributed by atoms with Crippen LogP contribution in [0.25, 0.3) is 10.9 Å². The first-order valence-electron chi connectivity index (χ1n) is 8.07. The molecule has 0 saturated heterocycles. The van der Waals surface area contributed by atoms with Gasteiger partial charge in [0, 0.05) is 25.2 Å². The van der Waals surface area contributed by atoms with E-state index in [0.29, 0.717) is 12.6 Å². The van der Waals surface area contributed by atoms with Crippen LogP contribution >= 0.6 is 0 Å². The van der Waals surface area contributed by atoms with Crippen LogP contribution in [0.15, 0.2) is 35.1 Å². The number of hydrogen-bond donors (Lipinski definition) is 1. The van der Waals surface area contributed by atoms with Gasteiger partial charge in [0.05, 0.1) is 5.52 Å². The first kappa shape index (κ1) is 14.3. The van der Waals surface area contributed by atoms with Crippen LogP contribution < -0.4 is 10.9 Å². The third kappa shape index (κ3) is 3.18. The molecule has 0 unspecified atom stereocenters. The van der Waals surface area contributed by atoms with Crippen LogP contribution in [-0.2, 0) is 13.6 Å². The fourth-order valence-corrected chi connectivity index (χ4v) is 3.35. The van der Waals surface area contributed by atoms with Crippen molar-refractivity contribution in [2.24, 2.45) is 7.05 Å². The van der Waals surface area contributed by atoms with Gasteiger partial charge >= 0.3 is 0 Å². The Balaban J connectivity index is 1.80. The molecule has 0 bridgehead atoms. The Hall–Kier alpha value is -1.61. The van der Waals surface area contributed by atoms with E-state index in [1.807, 2.05) is 31.3 Å². The minimum Gasteiger partial charge on any atom is -0.311 e. The van der Waals surface area contributed by atoms with Gasteiger partial charge in [-0.05, 0) is 30.4 Å². The molecule has 0 amide bonds. The molecule has 1 fully saturated rings. The third-order valence-corrected chi connectivity index (χ3v) is 4.64. The molecule has 1 saturated carbocycles. The normalized spacial score (nSPS) is 17.0. The smallest absolute Gasteiger partial charge is 0.255 e. The average Bonchev–Trinajstić information content (AvgIpc) is 2.78. The molecule has 3 rings (SSSR count).